The molecular formula is C21H16FN3O4. The van der Waals surface area contributed by atoms with Gasteiger partial charge < -0.3 is 9.47 Å². The third-order valence-electron chi connectivity index (χ3n) is 3.75. The molecule has 8 heteroatoms. The van der Waals surface area contributed by atoms with Crippen LogP contribution in [0.4, 0.5) is 4.39 Å². The van der Waals surface area contributed by atoms with Crippen molar-refractivity contribution in [3.63, 3.8) is 0 Å². The zero-order chi connectivity index (χ0) is 20.6. The molecule has 0 atom stereocenters. The number of nitrogens with one attached hydrogen (secondary N) is 1. The van der Waals surface area contributed by atoms with Gasteiger partial charge >= 0.3 is 5.97 Å². The maximum Gasteiger partial charge on any atom is 0.343 e. The van der Waals surface area contributed by atoms with Crippen molar-refractivity contribution in [1.82, 2.24) is 10.4 Å². The van der Waals surface area contributed by atoms with Crippen molar-refractivity contribution in [3.05, 3.63) is 89.5 Å². The van der Waals surface area contributed by atoms with E-state index in [2.05, 4.69) is 15.5 Å². The fourth-order valence-electron chi connectivity index (χ4n) is 2.35. The number of halogens is 1. The topological polar surface area (TPSA) is 89.9 Å². The van der Waals surface area contributed by atoms with Gasteiger partial charge in [-0.3, -0.25) is 9.78 Å². The Kier molecular flexibility index (Phi) is 6.26. The smallest absolute Gasteiger partial charge is 0.343 e. The highest BCUT2D eigenvalue weighted by atomic mass is 19.1. The van der Waals surface area contributed by atoms with Gasteiger partial charge in [-0.15, -0.1) is 0 Å². The summed E-state index contributed by atoms with van der Waals surface area (Å²) >= 11 is 0. The summed E-state index contributed by atoms with van der Waals surface area (Å²) in [7, 11) is 1.42. The molecule has 3 rings (SSSR count). The molecule has 29 heavy (non-hydrogen) atoms. The number of methoxy groups -OCH3 is 1. The van der Waals surface area contributed by atoms with Crippen molar-refractivity contribution in [1.29, 1.82) is 0 Å². The number of hydrogen-bond donors (Lipinski definition) is 1. The lowest BCUT2D eigenvalue weighted by molar-refractivity contribution is 0.0729. The van der Waals surface area contributed by atoms with Crippen LogP contribution in [0, 0.1) is 5.82 Å². The molecule has 0 spiro atoms. The fourth-order valence-corrected chi connectivity index (χ4v) is 2.35. The standard InChI is InChI=1S/C21H16FN3O4/c1-28-19-10-14(12-24-25-20(26)16-5-3-9-23-13-16)7-8-18(19)29-21(27)15-4-2-6-17(22)11-15/h2-13H,1H3,(H,25,26)/b24-12+. The number of hydrogen-bond acceptors (Lipinski definition) is 6. The number of amides is 1. The number of esters is 1. The highest BCUT2D eigenvalue weighted by Gasteiger charge is 2.13. The quantitative estimate of drug-likeness (QED) is 0.301. The Bertz CT molecular complexity index is 1050. The highest BCUT2D eigenvalue weighted by Crippen LogP contribution is 2.28. The summed E-state index contributed by atoms with van der Waals surface area (Å²) in [5.74, 6) is -1.21. The zero-order valence-corrected chi connectivity index (χ0v) is 15.3. The number of benzene rings is 2. The van der Waals surface area contributed by atoms with E-state index in [0.717, 1.165) is 6.07 Å². The van der Waals surface area contributed by atoms with E-state index in [9.17, 15) is 14.0 Å². The molecule has 2 aromatic carbocycles. The molecule has 0 bridgehead atoms. The molecule has 1 N–H and O–H groups in total. The zero-order valence-electron chi connectivity index (χ0n) is 15.3. The summed E-state index contributed by atoms with van der Waals surface area (Å²) in [5.41, 5.74) is 3.44. The lowest BCUT2D eigenvalue weighted by atomic mass is 10.2. The molecule has 3 aromatic rings. The Morgan fingerprint density at radius 1 is 1.07 bits per heavy atom. The van der Waals surface area contributed by atoms with Crippen molar-refractivity contribution >= 4 is 18.1 Å². The number of carbonyl (C=O) groups is 2. The van der Waals surface area contributed by atoms with Gasteiger partial charge in [0.15, 0.2) is 11.5 Å². The summed E-state index contributed by atoms with van der Waals surface area (Å²) in [6.45, 7) is 0. The number of aromatic nitrogens is 1. The Morgan fingerprint density at radius 2 is 1.90 bits per heavy atom. The van der Waals surface area contributed by atoms with Crippen LogP contribution in [-0.2, 0) is 0 Å². The number of pyridine rings is 1. The molecular weight excluding hydrogens is 377 g/mol. The molecule has 0 saturated carbocycles. The minimum atomic E-state index is -0.715. The third kappa shape index (κ3) is 5.23. The minimum absolute atomic E-state index is 0.0795. The lowest BCUT2D eigenvalue weighted by Gasteiger charge is -2.10. The summed E-state index contributed by atoms with van der Waals surface area (Å²) in [4.78, 5) is 28.0. The Labute approximate surface area is 165 Å². The predicted octanol–water partition coefficient (Wildman–Crippen LogP) is 3.21. The van der Waals surface area contributed by atoms with Gasteiger partial charge in [0.2, 0.25) is 0 Å². The van der Waals surface area contributed by atoms with Gasteiger partial charge in [0.25, 0.3) is 5.91 Å². The van der Waals surface area contributed by atoms with Crippen LogP contribution in [0.25, 0.3) is 0 Å². The van der Waals surface area contributed by atoms with E-state index >= 15 is 0 Å². The van der Waals surface area contributed by atoms with Crippen molar-refractivity contribution in [3.8, 4) is 11.5 Å². The van der Waals surface area contributed by atoms with E-state index in [0.29, 0.717) is 11.1 Å². The van der Waals surface area contributed by atoms with Gasteiger partial charge in [0.1, 0.15) is 5.82 Å². The number of ether oxygens (including phenoxy) is 2. The van der Waals surface area contributed by atoms with E-state index in [-0.39, 0.29) is 17.1 Å². The molecule has 0 aliphatic heterocycles. The molecule has 1 amide bonds. The molecule has 7 nitrogen and oxygen atoms in total. The summed E-state index contributed by atoms with van der Waals surface area (Å²) in [5, 5.41) is 3.88. The van der Waals surface area contributed by atoms with Crippen molar-refractivity contribution < 1.29 is 23.5 Å². The summed E-state index contributed by atoms with van der Waals surface area (Å²) in [6, 6.07) is 13.2. The monoisotopic (exact) mass is 393 g/mol. The number of nitrogens with zero attached hydrogens (tertiary/aromatic N) is 2. The van der Waals surface area contributed by atoms with Crippen LogP contribution in [0.1, 0.15) is 26.3 Å². The predicted molar refractivity (Wildman–Crippen MR) is 104 cm³/mol. The lowest BCUT2D eigenvalue weighted by Crippen LogP contribution is -2.17. The largest absolute Gasteiger partial charge is 0.493 e. The average molecular weight is 393 g/mol. The van der Waals surface area contributed by atoms with Crippen LogP contribution >= 0.6 is 0 Å². The number of rotatable bonds is 6. The Morgan fingerprint density at radius 3 is 2.62 bits per heavy atom. The Hall–Kier alpha value is -4.07. The molecule has 0 fully saturated rings. The van der Waals surface area contributed by atoms with E-state index in [4.69, 9.17) is 9.47 Å². The third-order valence-corrected chi connectivity index (χ3v) is 3.75. The number of hydrazone groups is 1. The molecule has 0 aliphatic rings. The minimum Gasteiger partial charge on any atom is -0.493 e. The van der Waals surface area contributed by atoms with E-state index in [1.807, 2.05) is 0 Å². The van der Waals surface area contributed by atoms with Crippen molar-refractivity contribution in [2.45, 2.75) is 0 Å². The van der Waals surface area contributed by atoms with Gasteiger partial charge in [-0.25, -0.2) is 14.6 Å². The van der Waals surface area contributed by atoms with E-state index < -0.39 is 17.7 Å². The van der Waals surface area contributed by atoms with Gasteiger partial charge in [-0.1, -0.05) is 6.07 Å². The Balaban J connectivity index is 1.68. The first-order valence-electron chi connectivity index (χ1n) is 8.46. The SMILES string of the molecule is COc1cc(/C=N/NC(=O)c2cccnc2)ccc1OC(=O)c1cccc(F)c1. The highest BCUT2D eigenvalue weighted by molar-refractivity contribution is 5.94. The second-order valence-electron chi connectivity index (χ2n) is 5.75. The summed E-state index contributed by atoms with van der Waals surface area (Å²) < 4.78 is 23.8. The second-order valence-corrected chi connectivity index (χ2v) is 5.75. The molecule has 0 radical (unpaired) electrons. The molecule has 0 aliphatic carbocycles. The molecule has 0 unspecified atom stereocenters. The van der Waals surface area contributed by atoms with Crippen molar-refractivity contribution in [2.75, 3.05) is 7.11 Å². The van der Waals surface area contributed by atoms with Gasteiger partial charge in [-0.2, -0.15) is 5.10 Å². The van der Waals surface area contributed by atoms with Crippen LogP contribution in [0.2, 0.25) is 0 Å². The van der Waals surface area contributed by atoms with Gasteiger partial charge in [0, 0.05) is 12.4 Å². The second kappa shape index (κ2) is 9.23. The number of carbonyl (C=O) groups excluding carboxylic acids is 2. The first kappa shape index (κ1) is 19.7. The first-order valence-corrected chi connectivity index (χ1v) is 8.46. The normalized spacial score (nSPS) is 10.6. The fraction of sp³-hybridized carbons (Fsp3) is 0.0476. The maximum atomic E-state index is 13.3. The van der Waals surface area contributed by atoms with Gasteiger partial charge in [-0.05, 0) is 54.1 Å². The maximum absolute atomic E-state index is 13.3. The van der Waals surface area contributed by atoms with E-state index in [1.165, 1.54) is 43.8 Å². The molecule has 1 heterocycles. The van der Waals surface area contributed by atoms with Crippen LogP contribution < -0.4 is 14.9 Å². The van der Waals surface area contributed by atoms with E-state index in [1.54, 1.807) is 30.5 Å². The van der Waals surface area contributed by atoms with Crippen LogP contribution in [0.3, 0.4) is 0 Å². The first-order chi connectivity index (χ1) is 14.1. The van der Waals surface area contributed by atoms with Crippen LogP contribution in [0.5, 0.6) is 11.5 Å². The summed E-state index contributed by atoms with van der Waals surface area (Å²) in [6.07, 6.45) is 4.40. The van der Waals surface area contributed by atoms with Gasteiger partial charge in [0.05, 0.1) is 24.5 Å². The molecule has 146 valence electrons. The van der Waals surface area contributed by atoms with Crippen molar-refractivity contribution in [2.24, 2.45) is 5.10 Å². The average Bonchev–Trinajstić information content (AvgIpc) is 2.75. The molecule has 1 aromatic heterocycles. The van der Waals surface area contributed by atoms with Crippen LogP contribution in [-0.4, -0.2) is 30.2 Å². The molecule has 0 saturated heterocycles. The van der Waals surface area contributed by atoms with Crippen LogP contribution in [0.15, 0.2) is 72.1 Å².